The Morgan fingerprint density at radius 1 is 0.269 bits per heavy atom. The van der Waals surface area contributed by atoms with E-state index < -0.39 is 6.10 Å². The van der Waals surface area contributed by atoms with E-state index in [9.17, 15) is 14.4 Å². The van der Waals surface area contributed by atoms with Crippen molar-refractivity contribution in [1.29, 1.82) is 0 Å². The van der Waals surface area contributed by atoms with Crippen LogP contribution in [0.25, 0.3) is 0 Å². The third-order valence-corrected chi connectivity index (χ3v) is 14.9. The second kappa shape index (κ2) is 66.4. The van der Waals surface area contributed by atoms with Gasteiger partial charge in [-0.15, -0.1) is 0 Å². The first-order valence-electron chi connectivity index (χ1n) is 33.9. The summed E-state index contributed by atoms with van der Waals surface area (Å²) in [5.74, 6) is -0.934. The summed E-state index contributed by atoms with van der Waals surface area (Å²) in [5, 5.41) is 0. The molecule has 78 heavy (non-hydrogen) atoms. The molecule has 0 aliphatic heterocycles. The molecule has 6 heteroatoms. The van der Waals surface area contributed by atoms with Gasteiger partial charge in [0.25, 0.3) is 0 Å². The Labute approximate surface area is 484 Å². The fraction of sp³-hybridized carbons (Fsp3) is 0.792. The minimum Gasteiger partial charge on any atom is -0.462 e. The van der Waals surface area contributed by atoms with Crippen LogP contribution in [-0.4, -0.2) is 37.2 Å². The molecular formula is C72H128O6. The second-order valence-electron chi connectivity index (χ2n) is 22.7. The highest BCUT2D eigenvalue weighted by Gasteiger charge is 2.19. The van der Waals surface area contributed by atoms with E-state index in [0.29, 0.717) is 19.3 Å². The quantitative estimate of drug-likeness (QED) is 0.0261. The van der Waals surface area contributed by atoms with Gasteiger partial charge in [0, 0.05) is 19.3 Å². The molecule has 0 aliphatic carbocycles. The Balaban J connectivity index is 4.38. The summed E-state index contributed by atoms with van der Waals surface area (Å²) in [7, 11) is 0. The van der Waals surface area contributed by atoms with Crippen LogP contribution < -0.4 is 0 Å². The maximum atomic E-state index is 12.9. The van der Waals surface area contributed by atoms with E-state index in [1.807, 2.05) is 0 Å². The van der Waals surface area contributed by atoms with E-state index in [0.717, 1.165) is 77.0 Å². The molecule has 0 saturated carbocycles. The average Bonchev–Trinajstić information content (AvgIpc) is 3.44. The minimum absolute atomic E-state index is 0.0905. The number of unbranched alkanes of at least 4 members (excludes halogenated alkanes) is 39. The van der Waals surface area contributed by atoms with Crippen LogP contribution in [0.2, 0.25) is 0 Å². The summed E-state index contributed by atoms with van der Waals surface area (Å²) in [4.78, 5) is 38.4. The lowest BCUT2D eigenvalue weighted by atomic mass is 10.0. The Morgan fingerprint density at radius 2 is 0.513 bits per heavy atom. The second-order valence-corrected chi connectivity index (χ2v) is 22.7. The van der Waals surface area contributed by atoms with Gasteiger partial charge >= 0.3 is 17.9 Å². The predicted octanol–water partition coefficient (Wildman–Crippen LogP) is 23.3. The summed E-state index contributed by atoms with van der Waals surface area (Å²) in [6.07, 6.45) is 86.4. The van der Waals surface area contributed by atoms with Gasteiger partial charge in [0.2, 0.25) is 0 Å². The molecular weight excluding hydrogens is 961 g/mol. The lowest BCUT2D eigenvalue weighted by molar-refractivity contribution is -0.167. The van der Waals surface area contributed by atoms with Crippen LogP contribution in [0.4, 0.5) is 0 Å². The summed E-state index contributed by atoms with van der Waals surface area (Å²) >= 11 is 0. The highest BCUT2D eigenvalue weighted by molar-refractivity contribution is 5.71. The van der Waals surface area contributed by atoms with Crippen molar-refractivity contribution in [1.82, 2.24) is 0 Å². The lowest BCUT2D eigenvalue weighted by Gasteiger charge is -2.18. The van der Waals surface area contributed by atoms with Gasteiger partial charge in [0.15, 0.2) is 6.10 Å². The maximum Gasteiger partial charge on any atom is 0.306 e. The van der Waals surface area contributed by atoms with Gasteiger partial charge in [0.1, 0.15) is 13.2 Å². The van der Waals surface area contributed by atoms with Crippen LogP contribution in [0.3, 0.4) is 0 Å². The molecule has 0 aromatic rings. The molecule has 1 unspecified atom stereocenters. The van der Waals surface area contributed by atoms with E-state index in [2.05, 4.69) is 93.7 Å². The van der Waals surface area contributed by atoms with Gasteiger partial charge < -0.3 is 14.2 Å². The number of allylic oxidation sites excluding steroid dienone is 12. The Kier molecular flexibility index (Phi) is 63.7. The van der Waals surface area contributed by atoms with Crippen molar-refractivity contribution in [3.05, 3.63) is 72.9 Å². The first kappa shape index (κ1) is 74.8. The van der Waals surface area contributed by atoms with Gasteiger partial charge in [-0.2, -0.15) is 0 Å². The van der Waals surface area contributed by atoms with E-state index in [4.69, 9.17) is 14.2 Å². The summed E-state index contributed by atoms with van der Waals surface area (Å²) < 4.78 is 16.9. The number of hydrogen-bond acceptors (Lipinski definition) is 6. The highest BCUT2D eigenvalue weighted by Crippen LogP contribution is 2.18. The van der Waals surface area contributed by atoms with Gasteiger partial charge in [-0.3, -0.25) is 14.4 Å². The van der Waals surface area contributed by atoms with Crippen LogP contribution >= 0.6 is 0 Å². The van der Waals surface area contributed by atoms with E-state index in [1.54, 1.807) is 0 Å². The van der Waals surface area contributed by atoms with Crippen molar-refractivity contribution in [2.45, 2.75) is 354 Å². The molecule has 0 aromatic carbocycles. The van der Waals surface area contributed by atoms with Crippen LogP contribution in [-0.2, 0) is 28.6 Å². The van der Waals surface area contributed by atoms with Crippen LogP contribution in [0, 0.1) is 0 Å². The Bertz CT molecular complexity index is 1440. The van der Waals surface area contributed by atoms with Gasteiger partial charge in [0.05, 0.1) is 0 Å². The molecule has 0 fully saturated rings. The number of esters is 3. The molecule has 0 saturated heterocycles. The number of carbonyl (C=O) groups excluding carboxylic acids is 3. The molecule has 0 spiro atoms. The average molecular weight is 1090 g/mol. The van der Waals surface area contributed by atoms with E-state index in [-0.39, 0.29) is 37.5 Å². The molecule has 1 atom stereocenters. The van der Waals surface area contributed by atoms with Crippen molar-refractivity contribution in [2.24, 2.45) is 0 Å². The molecule has 0 aromatic heterocycles. The normalized spacial score (nSPS) is 12.5. The Morgan fingerprint density at radius 3 is 0.846 bits per heavy atom. The zero-order chi connectivity index (χ0) is 56.4. The maximum absolute atomic E-state index is 12.9. The van der Waals surface area contributed by atoms with E-state index in [1.165, 1.54) is 225 Å². The van der Waals surface area contributed by atoms with Gasteiger partial charge in [-0.05, 0) is 83.5 Å². The predicted molar refractivity (Wildman–Crippen MR) is 339 cm³/mol. The lowest BCUT2D eigenvalue weighted by Crippen LogP contribution is -2.30. The first-order valence-corrected chi connectivity index (χ1v) is 33.9. The zero-order valence-electron chi connectivity index (χ0n) is 51.9. The third kappa shape index (κ3) is 63.7. The molecule has 0 bridgehead atoms. The molecule has 0 amide bonds. The SMILES string of the molecule is CC/C=C\C/C=C\C/C=C\C/C=C\C/C=C\CCCC(=O)OCC(COC(=O)CCCCCCCCCCCCCCCCCCCCCCCC)OC(=O)CCCCCCCCCCC/C=C\CCCCCCCCCC. The molecule has 0 aliphatic rings. The largest absolute Gasteiger partial charge is 0.462 e. The standard InChI is InChI=1S/C72H128O6/c1-4-7-10-13-16-19-22-25-28-31-33-35-37-38-41-44-47-50-53-56-59-62-65-71(74)77-68-69(67-76-70(73)64-61-58-55-52-49-46-43-40-30-27-24-21-18-15-12-9-6-3)78-72(75)66-63-60-57-54-51-48-45-42-39-36-34-32-29-26-23-20-17-14-11-8-5-2/h9,12,18,21,27,30,32,34,43,46,52,55,69H,4-8,10-11,13-17,19-20,22-26,28-29,31,33,35-42,44-45,47-51,53-54,56-68H2,1-3H3/b12-9-,21-18-,30-27-,34-32-,46-43-,55-52-. The fourth-order valence-electron chi connectivity index (χ4n) is 9.89. The molecule has 452 valence electrons. The number of carbonyl (C=O) groups is 3. The third-order valence-electron chi connectivity index (χ3n) is 14.9. The number of ether oxygens (including phenoxy) is 3. The van der Waals surface area contributed by atoms with Crippen LogP contribution in [0.1, 0.15) is 348 Å². The Hall–Kier alpha value is -3.15. The highest BCUT2D eigenvalue weighted by atomic mass is 16.6. The van der Waals surface area contributed by atoms with Crippen LogP contribution in [0.15, 0.2) is 72.9 Å². The molecule has 0 N–H and O–H groups in total. The minimum atomic E-state index is -0.800. The van der Waals surface area contributed by atoms with Crippen molar-refractivity contribution in [2.75, 3.05) is 13.2 Å². The summed E-state index contributed by atoms with van der Waals surface area (Å²) in [5.41, 5.74) is 0. The van der Waals surface area contributed by atoms with Crippen molar-refractivity contribution in [3.63, 3.8) is 0 Å². The fourth-order valence-corrected chi connectivity index (χ4v) is 9.89. The van der Waals surface area contributed by atoms with Gasteiger partial charge in [-0.25, -0.2) is 0 Å². The topological polar surface area (TPSA) is 78.9 Å². The van der Waals surface area contributed by atoms with Crippen LogP contribution in [0.5, 0.6) is 0 Å². The van der Waals surface area contributed by atoms with Crippen molar-refractivity contribution in [3.8, 4) is 0 Å². The summed E-state index contributed by atoms with van der Waals surface area (Å²) in [6, 6.07) is 0. The molecule has 0 rings (SSSR count). The zero-order valence-corrected chi connectivity index (χ0v) is 51.9. The van der Waals surface area contributed by atoms with E-state index >= 15 is 0 Å². The molecule has 0 radical (unpaired) electrons. The molecule has 0 heterocycles. The number of hydrogen-bond donors (Lipinski definition) is 0. The smallest absolute Gasteiger partial charge is 0.306 e. The molecule has 6 nitrogen and oxygen atoms in total. The van der Waals surface area contributed by atoms with Crippen molar-refractivity contribution < 1.29 is 28.6 Å². The first-order chi connectivity index (χ1) is 38.5. The van der Waals surface area contributed by atoms with Gasteiger partial charge in [-0.1, -0.05) is 318 Å². The summed E-state index contributed by atoms with van der Waals surface area (Å²) in [6.45, 7) is 6.53. The monoisotopic (exact) mass is 1090 g/mol. The number of rotatable bonds is 62. The van der Waals surface area contributed by atoms with Crippen molar-refractivity contribution >= 4 is 17.9 Å².